The molecule has 0 heterocycles. The highest BCUT2D eigenvalue weighted by molar-refractivity contribution is 5.08. The molecule has 0 aromatic heterocycles. The van der Waals surface area contributed by atoms with Crippen LogP contribution >= 0.6 is 0 Å². The summed E-state index contributed by atoms with van der Waals surface area (Å²) in [7, 11) is 0. The van der Waals surface area contributed by atoms with Crippen LogP contribution in [0, 0.1) is 34.5 Å². The first-order valence-corrected chi connectivity index (χ1v) is 9.30. The summed E-state index contributed by atoms with van der Waals surface area (Å²) in [4.78, 5) is 0. The van der Waals surface area contributed by atoms with Crippen LogP contribution in [0.3, 0.4) is 0 Å². The van der Waals surface area contributed by atoms with Gasteiger partial charge in [-0.15, -0.1) is 0 Å². The van der Waals surface area contributed by atoms with Crippen molar-refractivity contribution < 1.29 is 10.2 Å². The van der Waals surface area contributed by atoms with Crippen molar-refractivity contribution in [1.82, 2.24) is 0 Å². The Morgan fingerprint density at radius 3 is 2.48 bits per heavy atom. The van der Waals surface area contributed by atoms with Crippen molar-refractivity contribution in [3.63, 3.8) is 0 Å². The van der Waals surface area contributed by atoms with Crippen molar-refractivity contribution in [1.29, 1.82) is 0 Å². The quantitative estimate of drug-likeness (QED) is 0.714. The van der Waals surface area contributed by atoms with E-state index in [-0.39, 0.29) is 5.41 Å². The lowest BCUT2D eigenvalue weighted by atomic mass is 9.45. The van der Waals surface area contributed by atoms with E-state index in [9.17, 15) is 10.2 Å². The van der Waals surface area contributed by atoms with Crippen molar-refractivity contribution in [3.8, 4) is 0 Å². The van der Waals surface area contributed by atoms with Crippen LogP contribution in [0.15, 0.2) is 0 Å². The van der Waals surface area contributed by atoms with Crippen molar-refractivity contribution in [3.05, 3.63) is 0 Å². The maximum atomic E-state index is 10.3. The van der Waals surface area contributed by atoms with Gasteiger partial charge in [-0.3, -0.25) is 0 Å². The molecule has 21 heavy (non-hydrogen) atoms. The molecule has 0 amide bonds. The van der Waals surface area contributed by atoms with Crippen LogP contribution in [0.5, 0.6) is 0 Å². The van der Waals surface area contributed by atoms with E-state index in [2.05, 4.69) is 13.8 Å². The summed E-state index contributed by atoms with van der Waals surface area (Å²) < 4.78 is 0. The van der Waals surface area contributed by atoms with Crippen molar-refractivity contribution in [2.45, 2.75) is 83.8 Å². The van der Waals surface area contributed by atoms with Gasteiger partial charge in [0, 0.05) is 0 Å². The Labute approximate surface area is 129 Å². The highest BCUT2D eigenvalue weighted by atomic mass is 16.3. The summed E-state index contributed by atoms with van der Waals surface area (Å²) in [5.41, 5.74) is 0.905. The lowest BCUT2D eigenvalue weighted by molar-refractivity contribution is -0.156. The molecule has 3 unspecified atom stereocenters. The molecule has 4 saturated carbocycles. The van der Waals surface area contributed by atoms with Gasteiger partial charge >= 0.3 is 0 Å². The monoisotopic (exact) mass is 292 g/mol. The third-order valence-corrected chi connectivity index (χ3v) is 8.47. The smallest absolute Gasteiger partial charge is 0.0804 e. The van der Waals surface area contributed by atoms with Crippen LogP contribution in [0.25, 0.3) is 0 Å². The van der Waals surface area contributed by atoms with Gasteiger partial charge < -0.3 is 10.2 Å². The molecule has 120 valence electrons. The Bertz CT molecular complexity index is 422. The predicted molar refractivity (Wildman–Crippen MR) is 83.7 cm³/mol. The van der Waals surface area contributed by atoms with E-state index >= 15 is 0 Å². The molecule has 0 spiro atoms. The molecule has 2 N–H and O–H groups in total. The van der Waals surface area contributed by atoms with Gasteiger partial charge in [0.25, 0.3) is 0 Å². The van der Waals surface area contributed by atoms with E-state index in [4.69, 9.17) is 0 Å². The van der Waals surface area contributed by atoms with Crippen LogP contribution in [0.1, 0.15) is 71.6 Å². The molecule has 0 aromatic carbocycles. The number of aliphatic hydroxyl groups excluding tert-OH is 2. The summed E-state index contributed by atoms with van der Waals surface area (Å²) in [6.45, 7) is 5.00. The van der Waals surface area contributed by atoms with Gasteiger partial charge in [0.1, 0.15) is 0 Å². The summed E-state index contributed by atoms with van der Waals surface area (Å²) in [6, 6.07) is 0. The molecule has 0 radical (unpaired) electrons. The second-order valence-electron chi connectivity index (χ2n) is 9.32. The molecule has 0 bridgehead atoms. The molecular weight excluding hydrogens is 260 g/mol. The van der Waals surface area contributed by atoms with Gasteiger partial charge in [0.15, 0.2) is 0 Å². The lowest BCUT2D eigenvalue weighted by Crippen LogP contribution is -2.56. The van der Waals surface area contributed by atoms with Crippen molar-refractivity contribution in [2.24, 2.45) is 34.5 Å². The second-order valence-corrected chi connectivity index (χ2v) is 9.32. The topological polar surface area (TPSA) is 40.5 Å². The first kappa shape index (κ1) is 14.5. The second kappa shape index (κ2) is 4.71. The van der Waals surface area contributed by atoms with Gasteiger partial charge in [-0.25, -0.2) is 0 Å². The zero-order valence-electron chi connectivity index (χ0n) is 13.7. The molecule has 0 saturated heterocycles. The zero-order chi connectivity index (χ0) is 14.8. The van der Waals surface area contributed by atoms with Crippen LogP contribution in [0.4, 0.5) is 0 Å². The Morgan fingerprint density at radius 1 is 0.857 bits per heavy atom. The molecule has 4 fully saturated rings. The molecular formula is C19H32O2. The highest BCUT2D eigenvalue weighted by Crippen LogP contribution is 2.66. The standard InChI is InChI=1S/C19H32O2/c1-18-8-3-4-14(18)13-6-5-12-10-16(20)17(21)11-19(12,2)15(13)7-9-18/h12-17,20-21H,3-11H2,1-2H3/t12?,13-,14-,15+,16?,17?,18-,19-/m0/s1. The number of aliphatic hydroxyl groups is 2. The third-order valence-electron chi connectivity index (χ3n) is 8.47. The molecule has 8 atom stereocenters. The number of rotatable bonds is 0. The van der Waals surface area contributed by atoms with Crippen molar-refractivity contribution in [2.75, 3.05) is 0 Å². The van der Waals surface area contributed by atoms with Crippen LogP contribution in [-0.4, -0.2) is 22.4 Å². The van der Waals surface area contributed by atoms with Gasteiger partial charge in [-0.05, 0) is 85.9 Å². The Hall–Kier alpha value is -0.0800. The normalized spacial score (nSPS) is 60.0. The summed E-state index contributed by atoms with van der Waals surface area (Å²) in [6.07, 6.45) is 10.5. The van der Waals surface area contributed by atoms with Gasteiger partial charge in [-0.2, -0.15) is 0 Å². The fourth-order valence-electron chi connectivity index (χ4n) is 7.27. The maximum Gasteiger partial charge on any atom is 0.0804 e. The Balaban J connectivity index is 1.63. The maximum absolute atomic E-state index is 10.3. The van der Waals surface area contributed by atoms with Crippen LogP contribution in [0.2, 0.25) is 0 Å². The average molecular weight is 292 g/mol. The van der Waals surface area contributed by atoms with E-state index in [1.54, 1.807) is 0 Å². The lowest BCUT2D eigenvalue weighted by Gasteiger charge is -2.61. The van der Waals surface area contributed by atoms with Crippen LogP contribution < -0.4 is 0 Å². The summed E-state index contributed by atoms with van der Waals surface area (Å²) in [5.74, 6) is 3.28. The fraction of sp³-hybridized carbons (Fsp3) is 1.00. The fourth-order valence-corrected chi connectivity index (χ4v) is 7.27. The van der Waals surface area contributed by atoms with E-state index in [1.165, 1.54) is 44.9 Å². The average Bonchev–Trinajstić information content (AvgIpc) is 2.82. The Morgan fingerprint density at radius 2 is 1.67 bits per heavy atom. The van der Waals surface area contributed by atoms with Gasteiger partial charge in [0.2, 0.25) is 0 Å². The van der Waals surface area contributed by atoms with Crippen molar-refractivity contribution >= 4 is 0 Å². The largest absolute Gasteiger partial charge is 0.390 e. The van der Waals surface area contributed by atoms with Gasteiger partial charge in [0.05, 0.1) is 12.2 Å². The highest BCUT2D eigenvalue weighted by Gasteiger charge is 2.58. The minimum Gasteiger partial charge on any atom is -0.390 e. The molecule has 2 heteroatoms. The van der Waals surface area contributed by atoms with E-state index in [0.717, 1.165) is 30.6 Å². The number of hydrogen-bond acceptors (Lipinski definition) is 2. The molecule has 4 rings (SSSR count). The SMILES string of the molecule is C[C@@]12CCC[C@H]1[C@@H]1CCC3CC(O)C(O)C[C@]3(C)[C@@H]1CC2. The molecule has 4 aliphatic rings. The van der Waals surface area contributed by atoms with Gasteiger partial charge in [-0.1, -0.05) is 20.3 Å². The molecule has 0 aromatic rings. The zero-order valence-corrected chi connectivity index (χ0v) is 13.7. The number of fused-ring (bicyclic) bond motifs is 5. The van der Waals surface area contributed by atoms with E-state index in [1.807, 2.05) is 0 Å². The van der Waals surface area contributed by atoms with E-state index in [0.29, 0.717) is 11.3 Å². The predicted octanol–water partition coefficient (Wildman–Crippen LogP) is 3.75. The number of hydrogen-bond donors (Lipinski definition) is 2. The third kappa shape index (κ3) is 1.97. The molecule has 2 nitrogen and oxygen atoms in total. The molecule has 0 aliphatic heterocycles. The minimum absolute atomic E-state index is 0.283. The summed E-state index contributed by atoms with van der Waals surface area (Å²) in [5, 5.41) is 20.3. The van der Waals surface area contributed by atoms with Crippen LogP contribution in [-0.2, 0) is 0 Å². The van der Waals surface area contributed by atoms with E-state index < -0.39 is 12.2 Å². The first-order chi connectivity index (χ1) is 9.94. The molecule has 4 aliphatic carbocycles. The first-order valence-electron chi connectivity index (χ1n) is 9.30. The summed E-state index contributed by atoms with van der Waals surface area (Å²) >= 11 is 0. The minimum atomic E-state index is -0.484. The Kier molecular flexibility index (Phi) is 3.25.